The Balaban J connectivity index is 1.74. The molecule has 0 aliphatic carbocycles. The molecule has 2 heterocycles. The van der Waals surface area contributed by atoms with E-state index in [2.05, 4.69) is 14.8 Å². The van der Waals surface area contributed by atoms with Gasteiger partial charge in [-0.1, -0.05) is 12.1 Å². The minimum absolute atomic E-state index is 0.0273. The van der Waals surface area contributed by atoms with Gasteiger partial charge in [-0.2, -0.15) is 5.10 Å². The van der Waals surface area contributed by atoms with Crippen molar-refractivity contribution in [2.75, 3.05) is 0 Å². The molecule has 0 aliphatic heterocycles. The van der Waals surface area contributed by atoms with Crippen molar-refractivity contribution in [3.05, 3.63) is 60.8 Å². The first-order valence-corrected chi connectivity index (χ1v) is 9.06. The van der Waals surface area contributed by atoms with E-state index in [4.69, 9.17) is 0 Å². The van der Waals surface area contributed by atoms with Crippen molar-refractivity contribution in [3.8, 4) is 5.69 Å². The molecule has 0 saturated carbocycles. The summed E-state index contributed by atoms with van der Waals surface area (Å²) in [4.78, 5) is 3.98. The summed E-state index contributed by atoms with van der Waals surface area (Å²) >= 11 is 0. The molecular weight excluding hydrogens is 326 g/mol. The van der Waals surface area contributed by atoms with E-state index in [1.807, 2.05) is 50.4 Å². The second-order valence-corrected chi connectivity index (χ2v) is 7.41. The second-order valence-electron chi connectivity index (χ2n) is 5.70. The van der Waals surface area contributed by atoms with Crippen LogP contribution in [0.1, 0.15) is 25.5 Å². The first kappa shape index (κ1) is 16.4. The first-order chi connectivity index (χ1) is 11.5. The summed E-state index contributed by atoms with van der Waals surface area (Å²) < 4.78 is 30.8. The van der Waals surface area contributed by atoms with Crippen LogP contribution in [-0.2, 0) is 16.6 Å². The van der Waals surface area contributed by atoms with Crippen LogP contribution in [-0.4, -0.2) is 27.7 Å². The minimum Gasteiger partial charge on any atom is -0.334 e. The van der Waals surface area contributed by atoms with Crippen molar-refractivity contribution >= 4 is 10.0 Å². The van der Waals surface area contributed by atoms with Crippen LogP contribution < -0.4 is 4.72 Å². The molecule has 1 aromatic carbocycles. The van der Waals surface area contributed by atoms with Crippen molar-refractivity contribution in [2.45, 2.75) is 31.5 Å². The topological polar surface area (TPSA) is 81.8 Å². The molecule has 0 fully saturated rings. The summed E-state index contributed by atoms with van der Waals surface area (Å²) in [6.07, 6.45) is 6.59. The number of imidazole rings is 1. The molecule has 7 nitrogen and oxygen atoms in total. The Hall–Kier alpha value is -2.45. The molecule has 0 bridgehead atoms. The Morgan fingerprint density at radius 1 is 1.25 bits per heavy atom. The fourth-order valence-electron chi connectivity index (χ4n) is 2.22. The summed E-state index contributed by atoms with van der Waals surface area (Å²) in [5.41, 5.74) is 1.72. The van der Waals surface area contributed by atoms with Crippen LogP contribution in [0.5, 0.6) is 0 Å². The SMILES string of the molecule is CC(C)n1cnc(S(=O)(=O)NCc2cccc(-n3cccn3)c2)c1. The fourth-order valence-corrected chi connectivity index (χ4v) is 3.17. The predicted octanol–water partition coefficient (Wildman–Crippen LogP) is 2.13. The summed E-state index contributed by atoms with van der Waals surface area (Å²) in [5.74, 6) is 0. The van der Waals surface area contributed by atoms with E-state index in [1.165, 1.54) is 12.5 Å². The molecule has 0 unspecified atom stereocenters. The minimum atomic E-state index is -3.64. The van der Waals surface area contributed by atoms with Crippen molar-refractivity contribution in [1.82, 2.24) is 24.1 Å². The lowest BCUT2D eigenvalue weighted by Crippen LogP contribution is -2.23. The third kappa shape index (κ3) is 3.55. The molecule has 24 heavy (non-hydrogen) atoms. The molecule has 0 saturated heterocycles. The third-order valence-corrected chi connectivity index (χ3v) is 4.88. The molecule has 0 spiro atoms. The van der Waals surface area contributed by atoms with Gasteiger partial charge in [0.25, 0.3) is 10.0 Å². The van der Waals surface area contributed by atoms with Gasteiger partial charge in [0.1, 0.15) is 0 Å². The normalized spacial score (nSPS) is 12.0. The van der Waals surface area contributed by atoms with Crippen LogP contribution in [0.2, 0.25) is 0 Å². The highest BCUT2D eigenvalue weighted by Gasteiger charge is 2.17. The zero-order valence-electron chi connectivity index (χ0n) is 13.5. The number of benzene rings is 1. The van der Waals surface area contributed by atoms with Crippen LogP contribution in [0, 0.1) is 0 Å². The fraction of sp³-hybridized carbons (Fsp3) is 0.250. The van der Waals surface area contributed by atoms with Crippen molar-refractivity contribution < 1.29 is 8.42 Å². The Morgan fingerprint density at radius 2 is 2.08 bits per heavy atom. The van der Waals surface area contributed by atoms with E-state index in [0.717, 1.165) is 11.3 Å². The van der Waals surface area contributed by atoms with Crippen molar-refractivity contribution in [3.63, 3.8) is 0 Å². The summed E-state index contributed by atoms with van der Waals surface area (Å²) in [7, 11) is -3.64. The number of rotatable bonds is 6. The largest absolute Gasteiger partial charge is 0.334 e. The van der Waals surface area contributed by atoms with Crippen molar-refractivity contribution in [1.29, 1.82) is 0 Å². The van der Waals surface area contributed by atoms with Gasteiger partial charge in [-0.3, -0.25) is 0 Å². The van der Waals surface area contributed by atoms with Crippen LogP contribution in [0.3, 0.4) is 0 Å². The highest BCUT2D eigenvalue weighted by atomic mass is 32.2. The van der Waals surface area contributed by atoms with Gasteiger partial charge in [-0.15, -0.1) is 0 Å². The summed E-state index contributed by atoms with van der Waals surface area (Å²) in [5, 5.41) is 4.20. The van der Waals surface area contributed by atoms with Crippen molar-refractivity contribution in [2.24, 2.45) is 0 Å². The molecular formula is C16H19N5O2S. The molecule has 1 N–H and O–H groups in total. The standard InChI is InChI=1S/C16H19N5O2S/c1-13(2)20-11-16(17-12-20)24(22,23)19-10-14-5-3-6-15(9-14)21-8-4-7-18-21/h3-9,11-13,19H,10H2,1-2H3. The zero-order valence-corrected chi connectivity index (χ0v) is 14.3. The Labute approximate surface area is 141 Å². The van der Waals surface area contributed by atoms with Gasteiger partial charge in [0.2, 0.25) is 0 Å². The lowest BCUT2D eigenvalue weighted by molar-refractivity contribution is 0.576. The molecule has 3 rings (SSSR count). The number of hydrogen-bond donors (Lipinski definition) is 1. The van der Waals surface area contributed by atoms with Gasteiger partial charge < -0.3 is 4.57 Å². The second kappa shape index (κ2) is 6.58. The van der Waals surface area contributed by atoms with Crippen LogP contribution in [0.15, 0.2) is 60.3 Å². The Morgan fingerprint density at radius 3 is 2.75 bits per heavy atom. The van der Waals surface area contributed by atoms with Gasteiger partial charge in [-0.05, 0) is 37.6 Å². The summed E-state index contributed by atoms with van der Waals surface area (Å²) in [6.45, 7) is 4.12. The van der Waals surface area contributed by atoms with Gasteiger partial charge in [0.05, 0.1) is 12.0 Å². The molecule has 0 aliphatic rings. The van der Waals surface area contributed by atoms with E-state index in [9.17, 15) is 8.42 Å². The van der Waals surface area contributed by atoms with E-state index in [0.29, 0.717) is 0 Å². The average molecular weight is 345 g/mol. The Kier molecular flexibility index (Phi) is 4.50. The van der Waals surface area contributed by atoms with Gasteiger partial charge in [-0.25, -0.2) is 22.8 Å². The molecule has 0 atom stereocenters. The lowest BCUT2D eigenvalue weighted by Gasteiger charge is -2.07. The quantitative estimate of drug-likeness (QED) is 0.742. The Bertz CT molecular complexity index is 914. The molecule has 8 heteroatoms. The summed E-state index contributed by atoms with van der Waals surface area (Å²) in [6, 6.07) is 9.53. The molecule has 2 aromatic heterocycles. The zero-order chi connectivity index (χ0) is 17.2. The smallest absolute Gasteiger partial charge is 0.259 e. The molecule has 0 radical (unpaired) electrons. The highest BCUT2D eigenvalue weighted by molar-refractivity contribution is 7.89. The van der Waals surface area contributed by atoms with Gasteiger partial charge >= 0.3 is 0 Å². The number of hydrogen-bond acceptors (Lipinski definition) is 4. The van der Waals surface area contributed by atoms with Crippen LogP contribution >= 0.6 is 0 Å². The number of nitrogens with one attached hydrogen (secondary N) is 1. The predicted molar refractivity (Wildman–Crippen MR) is 90.2 cm³/mol. The van der Waals surface area contributed by atoms with Gasteiger partial charge in [0.15, 0.2) is 5.03 Å². The third-order valence-electron chi connectivity index (χ3n) is 3.60. The number of aromatic nitrogens is 4. The maximum absolute atomic E-state index is 12.4. The number of sulfonamides is 1. The maximum Gasteiger partial charge on any atom is 0.259 e. The van der Waals surface area contributed by atoms with Gasteiger partial charge in [0, 0.05) is 31.2 Å². The molecule has 0 amide bonds. The van der Waals surface area contributed by atoms with E-state index >= 15 is 0 Å². The highest BCUT2D eigenvalue weighted by Crippen LogP contribution is 2.13. The number of nitrogens with zero attached hydrogens (tertiary/aromatic N) is 4. The maximum atomic E-state index is 12.4. The van der Waals surface area contributed by atoms with Crippen LogP contribution in [0.25, 0.3) is 5.69 Å². The van der Waals surface area contributed by atoms with E-state index in [1.54, 1.807) is 15.4 Å². The lowest BCUT2D eigenvalue weighted by atomic mass is 10.2. The molecule has 126 valence electrons. The van der Waals surface area contributed by atoms with Crippen LogP contribution in [0.4, 0.5) is 0 Å². The van der Waals surface area contributed by atoms with E-state index < -0.39 is 10.0 Å². The molecule has 3 aromatic rings. The van der Waals surface area contributed by atoms with E-state index in [-0.39, 0.29) is 17.6 Å². The monoisotopic (exact) mass is 345 g/mol. The average Bonchev–Trinajstić information content (AvgIpc) is 3.25. The first-order valence-electron chi connectivity index (χ1n) is 7.58.